The Kier molecular flexibility index (Phi) is 17.3. The van der Waals surface area contributed by atoms with E-state index >= 15 is 0 Å². The molecule has 44 heavy (non-hydrogen) atoms. The van der Waals surface area contributed by atoms with Crippen LogP contribution in [-0.2, 0) is 33.6 Å². The van der Waals surface area contributed by atoms with E-state index in [0.29, 0.717) is 64.5 Å². The van der Waals surface area contributed by atoms with Gasteiger partial charge in [0.1, 0.15) is 0 Å². The molecule has 2 rings (SSSR count). The summed E-state index contributed by atoms with van der Waals surface area (Å²) in [5, 5.41) is 25.9. The third-order valence-corrected chi connectivity index (χ3v) is 8.40. The van der Waals surface area contributed by atoms with E-state index in [1.165, 1.54) is 11.8 Å². The van der Waals surface area contributed by atoms with Crippen molar-refractivity contribution in [2.24, 2.45) is 0 Å². The number of aliphatic carboxylic acids is 2. The quantitative estimate of drug-likeness (QED) is 0.0528. The number of imide groups is 1. The van der Waals surface area contributed by atoms with E-state index in [2.05, 4.69) is 16.0 Å². The number of unbranched alkanes of at least 4 members (excludes halogenated alkanes) is 2. The van der Waals surface area contributed by atoms with E-state index < -0.39 is 17.2 Å². The largest absolute Gasteiger partial charge is 0.480 e. The highest BCUT2D eigenvalue weighted by molar-refractivity contribution is 8.00. The summed E-state index contributed by atoms with van der Waals surface area (Å²) >= 11 is 1.27. The number of likely N-dealkylation sites (tertiary alicyclic amines) is 1. The molecular formula is C27H45N7O9S. The molecule has 2 aliphatic rings. The first kappa shape index (κ1) is 36.9. The van der Waals surface area contributed by atoms with Crippen molar-refractivity contribution in [2.75, 3.05) is 90.8 Å². The molecule has 0 spiro atoms. The summed E-state index contributed by atoms with van der Waals surface area (Å²) in [5.41, 5.74) is 0. The highest BCUT2D eigenvalue weighted by Gasteiger charge is 2.38. The Hall–Kier alpha value is -3.28. The van der Waals surface area contributed by atoms with E-state index in [1.54, 1.807) is 9.80 Å². The molecule has 0 aromatic rings. The van der Waals surface area contributed by atoms with Gasteiger partial charge in [0.2, 0.25) is 30.0 Å². The number of thioether (sulfide) groups is 1. The standard InChI is InChI=1S/C27H45N7O9S/c35-20-28-5-2-1-3-6-29-22(36)4-15-44-21-16-24(38)34(27(21)43)8-7-30-23(37)17-31-9-11-32(18-25(39)40)13-14-33(12-10-31)19-26(41)42/h20-21H,1-19H2,(H,28,35)(H,29,36)(H,30,37)(H,39,40)(H,41,42). The van der Waals surface area contributed by atoms with Crippen molar-refractivity contribution in [2.45, 2.75) is 37.4 Å². The molecule has 2 aliphatic heterocycles. The minimum absolute atomic E-state index is 0.00162. The molecule has 0 radical (unpaired) electrons. The summed E-state index contributed by atoms with van der Waals surface area (Å²) in [7, 11) is 0. The van der Waals surface area contributed by atoms with Crippen LogP contribution in [0.15, 0.2) is 0 Å². The van der Waals surface area contributed by atoms with Crippen LogP contribution < -0.4 is 16.0 Å². The van der Waals surface area contributed by atoms with Crippen LogP contribution in [0.5, 0.6) is 0 Å². The summed E-state index contributed by atoms with van der Waals surface area (Å²) in [6.07, 6.45) is 3.44. The van der Waals surface area contributed by atoms with Gasteiger partial charge in [-0.05, 0) is 19.3 Å². The molecule has 5 amide bonds. The smallest absolute Gasteiger partial charge is 0.317 e. The number of rotatable bonds is 20. The maximum atomic E-state index is 12.8. The molecule has 16 nitrogen and oxygen atoms in total. The summed E-state index contributed by atoms with van der Waals surface area (Å²) < 4.78 is 0. The summed E-state index contributed by atoms with van der Waals surface area (Å²) in [6, 6.07) is 0. The first-order valence-corrected chi connectivity index (χ1v) is 15.9. The van der Waals surface area contributed by atoms with Gasteiger partial charge in [-0.3, -0.25) is 53.2 Å². The fourth-order valence-electron chi connectivity index (χ4n) is 4.82. The number of nitrogens with one attached hydrogen (secondary N) is 3. The van der Waals surface area contributed by atoms with Gasteiger partial charge in [-0.1, -0.05) is 0 Å². The maximum absolute atomic E-state index is 12.8. The summed E-state index contributed by atoms with van der Waals surface area (Å²) in [4.78, 5) is 88.9. The lowest BCUT2D eigenvalue weighted by molar-refractivity contribution is -0.140. The van der Waals surface area contributed by atoms with Crippen molar-refractivity contribution < 1.29 is 43.8 Å². The second kappa shape index (κ2) is 20.6. The highest BCUT2D eigenvalue weighted by atomic mass is 32.2. The van der Waals surface area contributed by atoms with Gasteiger partial charge >= 0.3 is 11.9 Å². The molecule has 5 N–H and O–H groups in total. The average Bonchev–Trinajstić information content (AvgIpc) is 3.26. The molecule has 0 aromatic heterocycles. The van der Waals surface area contributed by atoms with E-state index in [4.69, 9.17) is 0 Å². The topological polar surface area (TPSA) is 209 Å². The fourth-order valence-corrected chi connectivity index (χ4v) is 5.94. The van der Waals surface area contributed by atoms with Gasteiger partial charge in [0.05, 0.1) is 24.9 Å². The molecule has 0 aromatic carbocycles. The summed E-state index contributed by atoms with van der Waals surface area (Å²) in [5.74, 6) is -2.69. The third kappa shape index (κ3) is 14.9. The Bertz CT molecular complexity index is 975. The number of amides is 5. The molecule has 17 heteroatoms. The Morgan fingerprint density at radius 3 is 1.89 bits per heavy atom. The first-order valence-electron chi connectivity index (χ1n) is 14.9. The fraction of sp³-hybridized carbons (Fsp3) is 0.741. The van der Waals surface area contributed by atoms with E-state index in [0.717, 1.165) is 24.2 Å². The second-order valence-electron chi connectivity index (χ2n) is 10.6. The van der Waals surface area contributed by atoms with Crippen LogP contribution >= 0.6 is 11.8 Å². The van der Waals surface area contributed by atoms with Crippen LogP contribution in [0.1, 0.15) is 32.1 Å². The van der Waals surface area contributed by atoms with Crippen molar-refractivity contribution in [1.82, 2.24) is 35.6 Å². The van der Waals surface area contributed by atoms with Gasteiger partial charge in [0.25, 0.3) is 0 Å². The van der Waals surface area contributed by atoms with Crippen molar-refractivity contribution in [3.63, 3.8) is 0 Å². The van der Waals surface area contributed by atoms with Crippen LogP contribution in [0.4, 0.5) is 0 Å². The molecule has 2 fully saturated rings. The van der Waals surface area contributed by atoms with Crippen LogP contribution in [0.3, 0.4) is 0 Å². The molecule has 248 valence electrons. The Labute approximate surface area is 261 Å². The highest BCUT2D eigenvalue weighted by Crippen LogP contribution is 2.25. The van der Waals surface area contributed by atoms with Crippen molar-refractivity contribution >= 4 is 53.7 Å². The lowest BCUT2D eigenvalue weighted by atomic mass is 10.2. The second-order valence-corrected chi connectivity index (χ2v) is 12.0. The maximum Gasteiger partial charge on any atom is 0.317 e. The van der Waals surface area contributed by atoms with E-state index in [9.17, 15) is 43.8 Å². The van der Waals surface area contributed by atoms with Crippen molar-refractivity contribution in [1.29, 1.82) is 0 Å². The average molecular weight is 644 g/mol. The van der Waals surface area contributed by atoms with Crippen LogP contribution in [-0.4, -0.2) is 168 Å². The number of hydrogen-bond acceptors (Lipinski definition) is 11. The van der Waals surface area contributed by atoms with Gasteiger partial charge < -0.3 is 26.2 Å². The normalized spacial score (nSPS) is 18.7. The number of nitrogens with zero attached hydrogens (tertiary/aromatic N) is 4. The monoisotopic (exact) mass is 643 g/mol. The van der Waals surface area contributed by atoms with Crippen LogP contribution in [0, 0.1) is 0 Å². The number of hydrogen-bond donors (Lipinski definition) is 5. The molecule has 1 atom stereocenters. The van der Waals surface area contributed by atoms with Crippen molar-refractivity contribution in [3.05, 3.63) is 0 Å². The van der Waals surface area contributed by atoms with Gasteiger partial charge in [-0.15, -0.1) is 11.8 Å². The number of carboxylic acids is 2. The molecular weight excluding hydrogens is 598 g/mol. The zero-order valence-corrected chi connectivity index (χ0v) is 25.9. The molecule has 0 aliphatic carbocycles. The Morgan fingerprint density at radius 1 is 0.773 bits per heavy atom. The zero-order chi connectivity index (χ0) is 32.3. The number of carbonyl (C=O) groups is 7. The predicted molar refractivity (Wildman–Crippen MR) is 161 cm³/mol. The van der Waals surface area contributed by atoms with Gasteiger partial charge in [-0.25, -0.2) is 0 Å². The van der Waals surface area contributed by atoms with Crippen molar-refractivity contribution in [3.8, 4) is 0 Å². The van der Waals surface area contributed by atoms with Gasteiger partial charge in [0, 0.05) is 84.0 Å². The number of carbonyl (C=O) groups excluding carboxylic acids is 5. The van der Waals surface area contributed by atoms with E-state index in [-0.39, 0.29) is 69.2 Å². The lowest BCUT2D eigenvalue weighted by Gasteiger charge is -2.24. The van der Waals surface area contributed by atoms with Crippen LogP contribution in [0.2, 0.25) is 0 Å². The van der Waals surface area contributed by atoms with Crippen LogP contribution in [0.25, 0.3) is 0 Å². The van der Waals surface area contributed by atoms with Gasteiger partial charge in [-0.2, -0.15) is 0 Å². The molecule has 2 heterocycles. The Balaban J connectivity index is 1.70. The minimum Gasteiger partial charge on any atom is -0.480 e. The van der Waals surface area contributed by atoms with Gasteiger partial charge in [0.15, 0.2) is 0 Å². The Morgan fingerprint density at radius 2 is 1.32 bits per heavy atom. The number of carboxylic acid groups (broad SMARTS) is 2. The molecule has 0 saturated carbocycles. The lowest BCUT2D eigenvalue weighted by Crippen LogP contribution is -2.45. The molecule has 2 saturated heterocycles. The zero-order valence-electron chi connectivity index (χ0n) is 25.0. The molecule has 0 bridgehead atoms. The summed E-state index contributed by atoms with van der Waals surface area (Å²) in [6.45, 7) is 3.31. The predicted octanol–water partition coefficient (Wildman–Crippen LogP) is -2.53. The minimum atomic E-state index is -0.987. The van der Waals surface area contributed by atoms with E-state index in [1.807, 2.05) is 4.90 Å². The SMILES string of the molecule is O=CNCCCCCNC(=O)CCSC1CC(=O)N(CCNC(=O)CN2CCN(CC(=O)O)CCN(CC(=O)O)CC2)C1=O. The third-order valence-electron chi connectivity index (χ3n) is 7.19. The first-order chi connectivity index (χ1) is 21.1. The molecule has 1 unspecified atom stereocenters.